The molecule has 3 atom stereocenters. The highest BCUT2D eigenvalue weighted by molar-refractivity contribution is 5.89. The summed E-state index contributed by atoms with van der Waals surface area (Å²) in [5, 5.41) is 1.31. The highest BCUT2D eigenvalue weighted by Crippen LogP contribution is 2.45. The van der Waals surface area contributed by atoms with Crippen molar-refractivity contribution in [2.75, 3.05) is 27.3 Å². The van der Waals surface area contributed by atoms with Gasteiger partial charge in [-0.15, -0.1) is 6.58 Å². The molecule has 1 saturated heterocycles. The van der Waals surface area contributed by atoms with Crippen LogP contribution in [0.15, 0.2) is 48.8 Å². The first-order valence-electron chi connectivity index (χ1n) is 9.45. The van der Waals surface area contributed by atoms with Gasteiger partial charge in [0.1, 0.15) is 0 Å². The van der Waals surface area contributed by atoms with Crippen LogP contribution in [0.2, 0.25) is 0 Å². The topological polar surface area (TPSA) is 54.6 Å². The third kappa shape index (κ3) is 2.96. The molecular weight excluding hydrogens is 340 g/mol. The number of aromatic nitrogens is 1. The van der Waals surface area contributed by atoms with E-state index >= 15 is 0 Å². The zero-order valence-corrected chi connectivity index (χ0v) is 15.9. The average Bonchev–Trinajstić information content (AvgIpc) is 3.09. The van der Waals surface area contributed by atoms with Gasteiger partial charge in [0.2, 0.25) is 0 Å². The molecular formula is C22H26N2O3. The van der Waals surface area contributed by atoms with Crippen molar-refractivity contribution >= 4 is 16.9 Å². The number of H-pyrrole nitrogens is 1. The Morgan fingerprint density at radius 3 is 2.89 bits per heavy atom. The first kappa shape index (κ1) is 17.9. The Bertz CT molecular complexity index is 898. The van der Waals surface area contributed by atoms with Crippen LogP contribution >= 0.6 is 0 Å². The summed E-state index contributed by atoms with van der Waals surface area (Å²) in [5.41, 5.74) is 4.48. The van der Waals surface area contributed by atoms with Gasteiger partial charge in [-0.25, -0.2) is 4.79 Å². The van der Waals surface area contributed by atoms with Crippen molar-refractivity contribution in [2.24, 2.45) is 11.8 Å². The molecule has 2 aromatic rings. The summed E-state index contributed by atoms with van der Waals surface area (Å²) in [7, 11) is 2.98. The summed E-state index contributed by atoms with van der Waals surface area (Å²) in [5.74, 6) is -0.115. The van der Waals surface area contributed by atoms with Crippen molar-refractivity contribution in [1.82, 2.24) is 9.88 Å². The number of benzene rings is 1. The number of nitrogens with one attached hydrogen (secondary N) is 1. The Morgan fingerprint density at radius 2 is 2.15 bits per heavy atom. The lowest BCUT2D eigenvalue weighted by molar-refractivity contribution is -0.137. The van der Waals surface area contributed by atoms with Crippen LogP contribution in [0.1, 0.15) is 23.7 Å². The molecule has 1 aromatic heterocycles. The van der Waals surface area contributed by atoms with E-state index in [4.69, 9.17) is 9.47 Å². The van der Waals surface area contributed by atoms with Gasteiger partial charge in [-0.2, -0.15) is 0 Å². The zero-order valence-electron chi connectivity index (χ0n) is 15.9. The minimum Gasteiger partial charge on any atom is -0.504 e. The lowest BCUT2D eigenvalue weighted by Crippen LogP contribution is -2.46. The molecule has 0 aliphatic carbocycles. The fourth-order valence-electron chi connectivity index (χ4n) is 4.80. The highest BCUT2D eigenvalue weighted by Gasteiger charge is 2.42. The Labute approximate surface area is 159 Å². The van der Waals surface area contributed by atoms with Crippen LogP contribution in [-0.2, 0) is 20.7 Å². The molecule has 0 saturated carbocycles. The van der Waals surface area contributed by atoms with Crippen molar-refractivity contribution in [3.63, 3.8) is 0 Å². The molecule has 0 amide bonds. The molecule has 5 nitrogen and oxygen atoms in total. The predicted octanol–water partition coefficient (Wildman–Crippen LogP) is 3.59. The quantitative estimate of drug-likeness (QED) is 0.389. The van der Waals surface area contributed by atoms with E-state index in [-0.39, 0.29) is 23.8 Å². The molecule has 2 aliphatic heterocycles. The number of carbonyl (C=O) groups excluding carboxylic acids is 1. The fourth-order valence-corrected chi connectivity index (χ4v) is 4.80. The number of hydrogen-bond donors (Lipinski definition) is 1. The number of methoxy groups -OCH3 is 2. The number of carbonyl (C=O) groups is 1. The van der Waals surface area contributed by atoms with E-state index in [1.165, 1.54) is 35.5 Å². The SMILES string of the molecule is C=C[C@H]1CN2CCc3c([nH]c4ccccc34)[C@H]2C[C@H]1/C(=C\OC)C(=O)OC. The molecule has 1 aromatic carbocycles. The summed E-state index contributed by atoms with van der Waals surface area (Å²) in [6.45, 7) is 5.93. The van der Waals surface area contributed by atoms with Crippen LogP contribution in [0.3, 0.4) is 0 Å². The molecule has 1 N–H and O–H groups in total. The lowest BCUT2D eigenvalue weighted by atomic mass is 9.75. The predicted molar refractivity (Wildman–Crippen MR) is 105 cm³/mol. The van der Waals surface area contributed by atoms with Gasteiger partial charge >= 0.3 is 5.97 Å². The normalized spacial score (nSPS) is 25.6. The van der Waals surface area contributed by atoms with E-state index in [2.05, 4.69) is 40.7 Å². The fraction of sp³-hybridized carbons (Fsp3) is 0.409. The number of esters is 1. The molecule has 142 valence electrons. The molecule has 4 rings (SSSR count). The van der Waals surface area contributed by atoms with E-state index in [0.29, 0.717) is 5.57 Å². The van der Waals surface area contributed by atoms with Crippen LogP contribution < -0.4 is 0 Å². The Kier molecular flexibility index (Phi) is 4.79. The number of nitrogens with zero attached hydrogens (tertiary/aromatic N) is 1. The van der Waals surface area contributed by atoms with Crippen LogP contribution in [0.25, 0.3) is 10.9 Å². The van der Waals surface area contributed by atoms with Crippen molar-refractivity contribution in [3.8, 4) is 0 Å². The van der Waals surface area contributed by atoms with Gasteiger partial charge in [0.25, 0.3) is 0 Å². The number of rotatable bonds is 4. The van der Waals surface area contributed by atoms with E-state index in [1.54, 1.807) is 7.11 Å². The Balaban J connectivity index is 1.74. The van der Waals surface area contributed by atoms with Gasteiger partial charge in [0.05, 0.1) is 32.1 Å². The monoisotopic (exact) mass is 366 g/mol. The van der Waals surface area contributed by atoms with Gasteiger partial charge < -0.3 is 14.5 Å². The van der Waals surface area contributed by atoms with Gasteiger partial charge in [-0.1, -0.05) is 24.3 Å². The Hall–Kier alpha value is -2.53. The molecule has 27 heavy (non-hydrogen) atoms. The molecule has 0 spiro atoms. The van der Waals surface area contributed by atoms with Crippen molar-refractivity contribution in [2.45, 2.75) is 18.9 Å². The molecule has 2 aliphatic rings. The van der Waals surface area contributed by atoms with Crippen molar-refractivity contribution < 1.29 is 14.3 Å². The second-order valence-electron chi connectivity index (χ2n) is 7.37. The molecule has 1 fully saturated rings. The minimum absolute atomic E-state index is 0.0218. The largest absolute Gasteiger partial charge is 0.504 e. The standard InChI is InChI=1S/C22H26N2O3/c1-4-14-12-24-10-9-16-15-7-5-6-8-19(15)23-21(16)20(24)11-17(14)18(13-26-2)22(25)27-3/h4-8,13-14,17,20,23H,1,9-12H2,2-3H3/b18-13+/t14-,17+,20+/m0/s1. The number of hydrogen-bond acceptors (Lipinski definition) is 4. The minimum atomic E-state index is -0.324. The summed E-state index contributed by atoms with van der Waals surface area (Å²) in [4.78, 5) is 18.5. The number of fused-ring (bicyclic) bond motifs is 5. The second-order valence-corrected chi connectivity index (χ2v) is 7.37. The Morgan fingerprint density at radius 1 is 1.33 bits per heavy atom. The van der Waals surface area contributed by atoms with Crippen molar-refractivity contribution in [3.05, 3.63) is 60.0 Å². The van der Waals surface area contributed by atoms with Crippen LogP contribution in [0, 0.1) is 11.8 Å². The molecule has 0 bridgehead atoms. The summed E-state index contributed by atoms with van der Waals surface area (Å²) >= 11 is 0. The number of ether oxygens (including phenoxy) is 2. The van der Waals surface area contributed by atoms with Gasteiger partial charge in [0.15, 0.2) is 0 Å². The van der Waals surface area contributed by atoms with E-state index < -0.39 is 0 Å². The van der Waals surface area contributed by atoms with Gasteiger partial charge in [0, 0.05) is 35.6 Å². The number of para-hydroxylation sites is 1. The van der Waals surface area contributed by atoms with Crippen LogP contribution in [0.5, 0.6) is 0 Å². The van der Waals surface area contributed by atoms with E-state index in [0.717, 1.165) is 25.9 Å². The molecule has 5 heteroatoms. The highest BCUT2D eigenvalue weighted by atomic mass is 16.5. The maximum absolute atomic E-state index is 12.4. The molecule has 0 radical (unpaired) electrons. The average molecular weight is 366 g/mol. The molecule has 0 unspecified atom stereocenters. The first-order valence-corrected chi connectivity index (χ1v) is 9.45. The number of aromatic amines is 1. The number of piperidine rings is 1. The van der Waals surface area contributed by atoms with E-state index in [9.17, 15) is 4.79 Å². The van der Waals surface area contributed by atoms with Crippen LogP contribution in [0.4, 0.5) is 0 Å². The molecule has 3 heterocycles. The smallest absolute Gasteiger partial charge is 0.337 e. The summed E-state index contributed by atoms with van der Waals surface area (Å²) in [6.07, 6.45) is 5.38. The van der Waals surface area contributed by atoms with E-state index in [1.807, 2.05) is 6.08 Å². The summed E-state index contributed by atoms with van der Waals surface area (Å²) in [6, 6.07) is 8.74. The first-order chi connectivity index (χ1) is 13.2. The van der Waals surface area contributed by atoms with Gasteiger partial charge in [-0.05, 0) is 30.4 Å². The second kappa shape index (κ2) is 7.24. The maximum atomic E-state index is 12.4. The van der Waals surface area contributed by atoms with Crippen LogP contribution in [-0.4, -0.2) is 43.2 Å². The third-order valence-corrected chi connectivity index (χ3v) is 6.08. The maximum Gasteiger partial charge on any atom is 0.337 e. The van der Waals surface area contributed by atoms with Crippen molar-refractivity contribution in [1.29, 1.82) is 0 Å². The summed E-state index contributed by atoms with van der Waals surface area (Å²) < 4.78 is 10.2. The zero-order chi connectivity index (χ0) is 19.0. The third-order valence-electron chi connectivity index (χ3n) is 6.08. The lowest BCUT2D eigenvalue weighted by Gasteiger charge is -2.45. The van der Waals surface area contributed by atoms with Gasteiger partial charge in [-0.3, -0.25) is 4.90 Å².